The summed E-state index contributed by atoms with van der Waals surface area (Å²) in [7, 11) is 0. The molecule has 4 heterocycles. The molecule has 1 saturated heterocycles. The first-order valence-electron chi connectivity index (χ1n) is 9.58. The predicted molar refractivity (Wildman–Crippen MR) is 111 cm³/mol. The number of nitrogens with one attached hydrogen (secondary N) is 2. The second-order valence-corrected chi connectivity index (χ2v) is 7.54. The van der Waals surface area contributed by atoms with E-state index in [4.69, 9.17) is 4.74 Å². The van der Waals surface area contributed by atoms with E-state index in [-0.39, 0.29) is 5.54 Å². The van der Waals surface area contributed by atoms with Gasteiger partial charge in [0.1, 0.15) is 12.4 Å². The molecule has 0 spiro atoms. The second kappa shape index (κ2) is 6.77. The fraction of sp³-hybridized carbons (Fsp3) is 0.217. The minimum absolute atomic E-state index is 0.0391. The van der Waals surface area contributed by atoms with Gasteiger partial charge in [-0.25, -0.2) is 0 Å². The van der Waals surface area contributed by atoms with E-state index in [0.717, 1.165) is 52.1 Å². The lowest BCUT2D eigenvalue weighted by molar-refractivity contribution is 0.132. The summed E-state index contributed by atoms with van der Waals surface area (Å²) in [5.41, 5.74) is 6.21. The molecule has 28 heavy (non-hydrogen) atoms. The van der Waals surface area contributed by atoms with Gasteiger partial charge in [-0.3, -0.25) is 9.97 Å². The average molecular weight is 370 g/mol. The van der Waals surface area contributed by atoms with Crippen LogP contribution in [0.15, 0.2) is 67.1 Å². The summed E-state index contributed by atoms with van der Waals surface area (Å²) in [6.45, 7) is 3.85. The van der Waals surface area contributed by atoms with E-state index in [1.165, 1.54) is 0 Å². The molecule has 3 aromatic heterocycles. The molecule has 1 unspecified atom stereocenters. The number of hydrogen-bond acceptors (Lipinski definition) is 4. The number of ether oxygens (including phenoxy) is 1. The Kier molecular flexibility index (Phi) is 4.10. The fourth-order valence-corrected chi connectivity index (χ4v) is 3.72. The van der Waals surface area contributed by atoms with Crippen LogP contribution >= 0.6 is 0 Å². The Morgan fingerprint density at radius 1 is 1.07 bits per heavy atom. The van der Waals surface area contributed by atoms with Crippen LogP contribution in [0.4, 0.5) is 0 Å². The van der Waals surface area contributed by atoms with Crippen LogP contribution in [-0.4, -0.2) is 33.6 Å². The van der Waals surface area contributed by atoms with Gasteiger partial charge in [-0.2, -0.15) is 0 Å². The van der Waals surface area contributed by atoms with E-state index in [1.54, 1.807) is 12.4 Å². The van der Waals surface area contributed by atoms with Crippen LogP contribution in [0.3, 0.4) is 0 Å². The summed E-state index contributed by atoms with van der Waals surface area (Å²) in [4.78, 5) is 12.5. The number of nitrogens with zero attached hydrogens (tertiary/aromatic N) is 2. The van der Waals surface area contributed by atoms with Crippen molar-refractivity contribution in [3.05, 3.63) is 67.1 Å². The van der Waals surface area contributed by atoms with Gasteiger partial charge in [0.05, 0.1) is 28.5 Å². The predicted octanol–water partition coefficient (Wildman–Crippen LogP) is 4.42. The third-order valence-electron chi connectivity index (χ3n) is 5.45. The van der Waals surface area contributed by atoms with Crippen molar-refractivity contribution in [3.8, 4) is 28.1 Å². The van der Waals surface area contributed by atoms with Gasteiger partial charge in [0.25, 0.3) is 0 Å². The molecule has 0 bridgehead atoms. The number of aromatic amines is 1. The first-order chi connectivity index (χ1) is 13.7. The Labute approximate surface area is 163 Å². The van der Waals surface area contributed by atoms with Crippen molar-refractivity contribution in [2.75, 3.05) is 13.2 Å². The molecule has 2 N–H and O–H groups in total. The third-order valence-corrected chi connectivity index (χ3v) is 5.45. The molecule has 1 aliphatic heterocycles. The van der Waals surface area contributed by atoms with Gasteiger partial charge in [0.2, 0.25) is 0 Å². The van der Waals surface area contributed by atoms with Crippen molar-refractivity contribution in [1.29, 1.82) is 0 Å². The second-order valence-electron chi connectivity index (χ2n) is 7.54. The van der Waals surface area contributed by atoms with Gasteiger partial charge < -0.3 is 15.0 Å². The highest BCUT2D eigenvalue weighted by Crippen LogP contribution is 2.40. The lowest BCUT2D eigenvalue weighted by Crippen LogP contribution is -2.58. The van der Waals surface area contributed by atoms with E-state index in [0.29, 0.717) is 6.61 Å². The molecule has 5 heteroatoms. The van der Waals surface area contributed by atoms with Crippen molar-refractivity contribution < 1.29 is 4.74 Å². The molecule has 1 aromatic carbocycles. The van der Waals surface area contributed by atoms with Crippen molar-refractivity contribution in [3.63, 3.8) is 0 Å². The Morgan fingerprint density at radius 3 is 2.71 bits per heavy atom. The maximum Gasteiger partial charge on any atom is 0.147 e. The van der Waals surface area contributed by atoms with Crippen LogP contribution in [0.5, 0.6) is 5.75 Å². The molecule has 0 amide bonds. The van der Waals surface area contributed by atoms with Gasteiger partial charge in [0, 0.05) is 23.5 Å². The SMILES string of the molecule is CC1(COc2cnccc2-c2[nH]c3cccnc3c2-c2ccccc2)CCN1. The fourth-order valence-electron chi connectivity index (χ4n) is 3.72. The normalized spacial score (nSPS) is 18.8. The Bertz CT molecular complexity index is 1120. The molecule has 1 fully saturated rings. The number of H-pyrrole nitrogens is 1. The van der Waals surface area contributed by atoms with Gasteiger partial charge >= 0.3 is 0 Å². The maximum absolute atomic E-state index is 6.22. The maximum atomic E-state index is 6.22. The zero-order valence-corrected chi connectivity index (χ0v) is 15.8. The minimum atomic E-state index is 0.0391. The Balaban J connectivity index is 1.64. The van der Waals surface area contributed by atoms with Gasteiger partial charge in [0.15, 0.2) is 0 Å². The molecule has 0 saturated carbocycles. The summed E-state index contributed by atoms with van der Waals surface area (Å²) in [5.74, 6) is 0.779. The van der Waals surface area contributed by atoms with E-state index in [1.807, 2.05) is 36.5 Å². The summed E-state index contributed by atoms with van der Waals surface area (Å²) in [6, 6.07) is 16.4. The molecule has 0 radical (unpaired) electrons. The summed E-state index contributed by atoms with van der Waals surface area (Å²) in [6.07, 6.45) is 6.55. The lowest BCUT2D eigenvalue weighted by Gasteiger charge is -2.39. The highest BCUT2D eigenvalue weighted by atomic mass is 16.5. The van der Waals surface area contributed by atoms with E-state index < -0.39 is 0 Å². The zero-order chi connectivity index (χ0) is 19.0. The molecule has 1 aliphatic rings. The van der Waals surface area contributed by atoms with Crippen molar-refractivity contribution in [2.24, 2.45) is 0 Å². The number of pyridine rings is 2. The first kappa shape index (κ1) is 17.0. The van der Waals surface area contributed by atoms with E-state index in [9.17, 15) is 0 Å². The van der Waals surface area contributed by atoms with Crippen LogP contribution in [0.25, 0.3) is 33.4 Å². The Morgan fingerprint density at radius 2 is 1.93 bits per heavy atom. The number of benzene rings is 1. The van der Waals surface area contributed by atoms with Crippen LogP contribution in [0.1, 0.15) is 13.3 Å². The van der Waals surface area contributed by atoms with Gasteiger partial charge in [-0.15, -0.1) is 0 Å². The highest BCUT2D eigenvalue weighted by molar-refractivity contribution is 6.02. The standard InChI is InChI=1S/C23H22N4O/c1-23(10-13-26-23)15-28-19-14-24-12-9-17(19)21-20(16-6-3-2-4-7-16)22-18(27-21)8-5-11-25-22/h2-9,11-12,14,26-27H,10,13,15H2,1H3. The molecule has 5 nitrogen and oxygen atoms in total. The molecule has 5 rings (SSSR count). The van der Waals surface area contributed by atoms with Crippen molar-refractivity contribution in [2.45, 2.75) is 18.9 Å². The quantitative estimate of drug-likeness (QED) is 0.546. The average Bonchev–Trinajstić information content (AvgIpc) is 3.11. The zero-order valence-electron chi connectivity index (χ0n) is 15.8. The highest BCUT2D eigenvalue weighted by Gasteiger charge is 2.32. The number of aromatic nitrogens is 3. The summed E-state index contributed by atoms with van der Waals surface area (Å²) in [5, 5.41) is 3.45. The summed E-state index contributed by atoms with van der Waals surface area (Å²) >= 11 is 0. The van der Waals surface area contributed by atoms with Crippen molar-refractivity contribution >= 4 is 11.0 Å². The first-order valence-corrected chi connectivity index (χ1v) is 9.58. The molecule has 1 atom stereocenters. The monoisotopic (exact) mass is 370 g/mol. The Hall–Kier alpha value is -3.18. The minimum Gasteiger partial charge on any atom is -0.489 e. The smallest absolute Gasteiger partial charge is 0.147 e. The lowest BCUT2D eigenvalue weighted by atomic mass is 9.91. The van der Waals surface area contributed by atoms with Crippen LogP contribution in [0, 0.1) is 0 Å². The number of rotatable bonds is 5. The molecule has 4 aromatic rings. The van der Waals surface area contributed by atoms with Crippen molar-refractivity contribution in [1.82, 2.24) is 20.3 Å². The third kappa shape index (κ3) is 2.94. The molecular weight excluding hydrogens is 348 g/mol. The van der Waals surface area contributed by atoms with Gasteiger partial charge in [-0.05, 0) is 43.7 Å². The largest absolute Gasteiger partial charge is 0.489 e. The summed E-state index contributed by atoms with van der Waals surface area (Å²) < 4.78 is 6.22. The molecular formula is C23H22N4O. The van der Waals surface area contributed by atoms with Crippen LogP contribution in [0.2, 0.25) is 0 Å². The van der Waals surface area contributed by atoms with E-state index >= 15 is 0 Å². The van der Waals surface area contributed by atoms with E-state index in [2.05, 4.69) is 45.4 Å². The number of hydrogen-bond donors (Lipinski definition) is 2. The van der Waals surface area contributed by atoms with Crippen LogP contribution < -0.4 is 10.1 Å². The molecule has 0 aliphatic carbocycles. The van der Waals surface area contributed by atoms with Gasteiger partial charge in [-0.1, -0.05) is 30.3 Å². The molecule has 140 valence electrons. The topological polar surface area (TPSA) is 62.8 Å². The number of fused-ring (bicyclic) bond motifs is 1. The van der Waals surface area contributed by atoms with Crippen LogP contribution in [-0.2, 0) is 0 Å².